The fraction of sp³-hybridized carbons (Fsp3) is 0.364. The molecule has 2 aromatic rings. The van der Waals surface area contributed by atoms with Crippen LogP contribution >= 0.6 is 0 Å². The molecule has 8 nitrogen and oxygen atoms in total. The molecule has 0 bridgehead atoms. The second-order valence-corrected chi connectivity index (χ2v) is 10.3. The predicted octanol–water partition coefficient (Wildman–Crippen LogP) is 2.42. The van der Waals surface area contributed by atoms with E-state index in [1.807, 2.05) is 4.90 Å². The van der Waals surface area contributed by atoms with Crippen molar-refractivity contribution in [3.8, 4) is 0 Å². The smallest absolute Gasteiger partial charge is 0.250 e. The van der Waals surface area contributed by atoms with Crippen LogP contribution in [-0.2, 0) is 19.6 Å². The van der Waals surface area contributed by atoms with Gasteiger partial charge in [-0.3, -0.25) is 14.5 Å². The quantitative estimate of drug-likeness (QED) is 0.740. The first-order valence-electron chi connectivity index (χ1n) is 10.4. The number of sulfonamides is 1. The molecule has 2 heterocycles. The summed E-state index contributed by atoms with van der Waals surface area (Å²) >= 11 is 0. The van der Waals surface area contributed by atoms with Crippen molar-refractivity contribution in [1.82, 2.24) is 4.31 Å². The predicted molar refractivity (Wildman–Crippen MR) is 120 cm³/mol. The Morgan fingerprint density at radius 2 is 1.94 bits per heavy atom. The number of carbonyl (C=O) groups is 2. The number of nitrogens with one attached hydrogen (secondary N) is 1. The molecule has 10 heteroatoms. The number of fused-ring (bicyclic) bond motifs is 3. The topological polar surface area (TPSA) is 90.0 Å². The van der Waals surface area contributed by atoms with E-state index in [1.165, 1.54) is 49.3 Å². The number of halogens is 1. The van der Waals surface area contributed by atoms with Crippen LogP contribution in [0.3, 0.4) is 0 Å². The fourth-order valence-electron chi connectivity index (χ4n) is 4.18. The van der Waals surface area contributed by atoms with Gasteiger partial charge in [0.05, 0.1) is 16.3 Å². The van der Waals surface area contributed by atoms with Gasteiger partial charge in [0, 0.05) is 26.3 Å². The molecule has 0 unspecified atom stereocenters. The Bertz CT molecular complexity index is 1170. The number of benzene rings is 2. The lowest BCUT2D eigenvalue weighted by Crippen LogP contribution is -2.56. The van der Waals surface area contributed by atoms with Crippen molar-refractivity contribution in [3.05, 3.63) is 48.3 Å². The summed E-state index contributed by atoms with van der Waals surface area (Å²) in [5.41, 5.74) is 1.39. The monoisotopic (exact) mass is 460 g/mol. The Balaban J connectivity index is 1.71. The van der Waals surface area contributed by atoms with Gasteiger partial charge in [-0.2, -0.15) is 0 Å². The Morgan fingerprint density at radius 3 is 2.66 bits per heavy atom. The second-order valence-electron chi connectivity index (χ2n) is 8.13. The zero-order valence-electron chi connectivity index (χ0n) is 17.9. The van der Waals surface area contributed by atoms with Crippen LogP contribution in [0.4, 0.5) is 21.5 Å². The summed E-state index contributed by atoms with van der Waals surface area (Å²) in [4.78, 5) is 29.4. The maximum Gasteiger partial charge on any atom is 0.250 e. The maximum absolute atomic E-state index is 13.5. The van der Waals surface area contributed by atoms with Crippen molar-refractivity contribution in [1.29, 1.82) is 0 Å². The third-order valence-corrected chi connectivity index (χ3v) is 7.60. The first-order valence-corrected chi connectivity index (χ1v) is 11.8. The Morgan fingerprint density at radius 1 is 1.16 bits per heavy atom. The lowest BCUT2D eigenvalue weighted by Gasteiger charge is -2.45. The third kappa shape index (κ3) is 4.07. The van der Waals surface area contributed by atoms with E-state index in [1.54, 1.807) is 12.1 Å². The van der Waals surface area contributed by atoms with E-state index in [9.17, 15) is 22.4 Å². The number of rotatable bonds is 5. The van der Waals surface area contributed by atoms with E-state index in [0.717, 1.165) is 22.8 Å². The number of carbonyl (C=O) groups excluding carboxylic acids is 2. The van der Waals surface area contributed by atoms with E-state index >= 15 is 0 Å². The number of nitrogens with zero attached hydrogens (tertiary/aromatic N) is 3. The normalized spacial score (nSPS) is 18.4. The largest absolute Gasteiger partial charge is 0.358 e. The molecule has 4 rings (SSSR count). The second kappa shape index (κ2) is 8.51. The van der Waals surface area contributed by atoms with Crippen LogP contribution in [0.2, 0.25) is 0 Å². The molecule has 2 aliphatic rings. The molecule has 0 spiro atoms. The van der Waals surface area contributed by atoms with Crippen molar-refractivity contribution in [2.24, 2.45) is 0 Å². The highest BCUT2D eigenvalue weighted by atomic mass is 32.2. The first-order chi connectivity index (χ1) is 15.2. The summed E-state index contributed by atoms with van der Waals surface area (Å²) in [7, 11) is -0.857. The Kier molecular flexibility index (Phi) is 5.91. The van der Waals surface area contributed by atoms with Crippen LogP contribution in [0.1, 0.15) is 19.3 Å². The Labute approximate surface area is 186 Å². The van der Waals surface area contributed by atoms with Crippen LogP contribution in [0.15, 0.2) is 47.4 Å². The number of piperidine rings is 1. The van der Waals surface area contributed by atoms with E-state index < -0.39 is 27.8 Å². The minimum Gasteiger partial charge on any atom is -0.358 e. The molecule has 1 atom stereocenters. The number of hydrogen-bond donors (Lipinski definition) is 1. The molecule has 2 amide bonds. The highest BCUT2D eigenvalue weighted by Crippen LogP contribution is 2.40. The maximum atomic E-state index is 13.5. The van der Waals surface area contributed by atoms with Crippen LogP contribution in [0, 0.1) is 5.82 Å². The van der Waals surface area contributed by atoms with Gasteiger partial charge in [-0.25, -0.2) is 17.1 Å². The van der Waals surface area contributed by atoms with Gasteiger partial charge in [0.2, 0.25) is 21.8 Å². The van der Waals surface area contributed by atoms with Crippen molar-refractivity contribution in [3.63, 3.8) is 0 Å². The SMILES string of the molecule is CN(C)S(=O)(=O)c1ccc2c(c1)N(CC(=O)Nc1cccc(F)c1)C(=O)[C@@H]1CCCCN21. The first kappa shape index (κ1) is 22.2. The van der Waals surface area contributed by atoms with Gasteiger partial charge in [0.25, 0.3) is 0 Å². The van der Waals surface area contributed by atoms with Crippen molar-refractivity contribution >= 4 is 38.9 Å². The molecule has 1 saturated heterocycles. The molecular formula is C22H25FN4O4S. The molecule has 0 radical (unpaired) electrons. The van der Waals surface area contributed by atoms with Crippen LogP contribution in [0.25, 0.3) is 0 Å². The summed E-state index contributed by atoms with van der Waals surface area (Å²) in [6.45, 7) is 0.380. The zero-order valence-corrected chi connectivity index (χ0v) is 18.7. The summed E-state index contributed by atoms with van der Waals surface area (Å²) in [5.74, 6) is -1.23. The minimum absolute atomic E-state index is 0.0417. The lowest BCUT2D eigenvalue weighted by molar-refractivity contribution is -0.123. The average Bonchev–Trinajstić information content (AvgIpc) is 2.76. The molecule has 0 aliphatic carbocycles. The van der Waals surface area contributed by atoms with Gasteiger partial charge in [-0.1, -0.05) is 6.07 Å². The molecule has 32 heavy (non-hydrogen) atoms. The molecule has 170 valence electrons. The number of hydrogen-bond acceptors (Lipinski definition) is 5. The highest BCUT2D eigenvalue weighted by molar-refractivity contribution is 7.89. The van der Waals surface area contributed by atoms with E-state index in [-0.39, 0.29) is 23.0 Å². The van der Waals surface area contributed by atoms with Gasteiger partial charge in [-0.15, -0.1) is 0 Å². The van der Waals surface area contributed by atoms with Gasteiger partial charge in [0.15, 0.2) is 0 Å². The van der Waals surface area contributed by atoms with E-state index in [2.05, 4.69) is 5.32 Å². The molecule has 0 aromatic heterocycles. The summed E-state index contributed by atoms with van der Waals surface area (Å²) < 4.78 is 39.9. The lowest BCUT2D eigenvalue weighted by atomic mass is 9.96. The van der Waals surface area contributed by atoms with Crippen molar-refractivity contribution in [2.75, 3.05) is 42.3 Å². The van der Waals surface area contributed by atoms with Crippen molar-refractivity contribution in [2.45, 2.75) is 30.2 Å². The molecular weight excluding hydrogens is 435 g/mol. The zero-order chi connectivity index (χ0) is 23.0. The van der Waals surface area contributed by atoms with Gasteiger partial charge >= 0.3 is 0 Å². The van der Waals surface area contributed by atoms with Gasteiger partial charge in [0.1, 0.15) is 18.4 Å². The molecule has 2 aromatic carbocycles. The average molecular weight is 461 g/mol. The van der Waals surface area contributed by atoms with E-state index in [0.29, 0.717) is 18.7 Å². The molecule has 0 saturated carbocycles. The fourth-order valence-corrected chi connectivity index (χ4v) is 5.10. The van der Waals surface area contributed by atoms with Crippen LogP contribution in [-0.4, -0.2) is 57.8 Å². The van der Waals surface area contributed by atoms with Crippen molar-refractivity contribution < 1.29 is 22.4 Å². The molecule has 2 aliphatic heterocycles. The minimum atomic E-state index is -3.73. The Hall–Kier alpha value is -2.98. The van der Waals surface area contributed by atoms with Gasteiger partial charge < -0.3 is 10.2 Å². The van der Waals surface area contributed by atoms with Gasteiger partial charge in [-0.05, 0) is 55.7 Å². The molecule has 1 fully saturated rings. The number of amides is 2. The summed E-state index contributed by atoms with van der Waals surface area (Å²) in [6.07, 6.45) is 2.50. The molecule has 1 N–H and O–H groups in total. The standard InChI is InChI=1S/C22H25FN4O4S/c1-25(2)32(30,31)17-9-10-18-20(13-17)27(22(29)19-8-3-4-11-26(18)19)14-21(28)24-16-7-5-6-15(23)12-16/h5-7,9-10,12-13,19H,3-4,8,11,14H2,1-2H3,(H,24,28)/t19-/m0/s1. The third-order valence-electron chi connectivity index (χ3n) is 5.79. The van der Waals surface area contributed by atoms with Crippen LogP contribution in [0.5, 0.6) is 0 Å². The van der Waals surface area contributed by atoms with Crippen LogP contribution < -0.4 is 15.1 Å². The highest BCUT2D eigenvalue weighted by Gasteiger charge is 2.40. The van der Waals surface area contributed by atoms with E-state index in [4.69, 9.17) is 0 Å². The summed E-state index contributed by atoms with van der Waals surface area (Å²) in [5, 5.41) is 2.60. The number of anilines is 3. The summed E-state index contributed by atoms with van der Waals surface area (Å²) in [6, 6.07) is 9.77.